The quantitative estimate of drug-likeness (QED) is 0.796. The zero-order valence-corrected chi connectivity index (χ0v) is 10.9. The Morgan fingerprint density at radius 3 is 2.89 bits per heavy atom. The highest BCUT2D eigenvalue weighted by atomic mass is 32.1. The first-order valence-electron chi connectivity index (χ1n) is 5.42. The fourth-order valence-electron chi connectivity index (χ4n) is 1.54. The van der Waals surface area contributed by atoms with E-state index < -0.39 is 0 Å². The zero-order valence-electron chi connectivity index (χ0n) is 10.1. The number of ketones is 1. The maximum atomic E-state index is 12.9. The van der Waals surface area contributed by atoms with Crippen LogP contribution in [0.4, 0.5) is 4.39 Å². The summed E-state index contributed by atoms with van der Waals surface area (Å²) >= 11 is 1.31. The highest BCUT2D eigenvalue weighted by Crippen LogP contribution is 2.20. The molecule has 0 N–H and O–H groups in total. The molecule has 2 aromatic rings. The van der Waals surface area contributed by atoms with E-state index in [9.17, 15) is 9.18 Å². The molecule has 1 aromatic carbocycles. The van der Waals surface area contributed by atoms with Gasteiger partial charge >= 0.3 is 0 Å². The molecule has 0 atom stereocenters. The molecule has 0 saturated carbocycles. The molecule has 1 heterocycles. The van der Waals surface area contributed by atoms with Crippen molar-refractivity contribution in [2.24, 2.45) is 0 Å². The first-order chi connectivity index (χ1) is 8.56. The van der Waals surface area contributed by atoms with Crippen molar-refractivity contribution in [2.45, 2.75) is 20.5 Å². The van der Waals surface area contributed by atoms with Gasteiger partial charge in [0.05, 0.1) is 10.6 Å². The lowest BCUT2D eigenvalue weighted by atomic mass is 10.3. The molecule has 2 rings (SSSR count). The molecule has 0 unspecified atom stereocenters. The van der Waals surface area contributed by atoms with E-state index in [-0.39, 0.29) is 18.2 Å². The summed E-state index contributed by atoms with van der Waals surface area (Å²) < 4.78 is 18.3. The number of thiazole rings is 1. The van der Waals surface area contributed by atoms with Gasteiger partial charge in [0, 0.05) is 13.0 Å². The Bertz CT molecular complexity index is 580. The molecule has 18 heavy (non-hydrogen) atoms. The standard InChI is InChI=1S/C13H12FNO2S/c1-8-13(9(2)16)18-12(15-8)7-17-11-5-3-4-10(14)6-11/h3-6H,7H2,1-2H3. The van der Waals surface area contributed by atoms with Gasteiger partial charge in [0.1, 0.15) is 23.2 Å². The SMILES string of the molecule is CC(=O)c1sc(COc2cccc(F)c2)nc1C. The lowest BCUT2D eigenvalue weighted by Crippen LogP contribution is -1.95. The van der Waals surface area contributed by atoms with Crippen molar-refractivity contribution in [3.8, 4) is 5.75 Å². The second-order valence-electron chi connectivity index (χ2n) is 3.82. The van der Waals surface area contributed by atoms with E-state index in [1.54, 1.807) is 19.1 Å². The predicted octanol–water partition coefficient (Wildman–Crippen LogP) is 3.37. The molecular formula is C13H12FNO2S. The summed E-state index contributed by atoms with van der Waals surface area (Å²) in [6, 6.07) is 5.93. The van der Waals surface area contributed by atoms with Gasteiger partial charge in [-0.05, 0) is 19.1 Å². The van der Waals surface area contributed by atoms with Gasteiger partial charge in [-0.3, -0.25) is 4.79 Å². The van der Waals surface area contributed by atoms with E-state index in [1.807, 2.05) is 0 Å². The topological polar surface area (TPSA) is 39.2 Å². The minimum absolute atomic E-state index is 0.00186. The number of aromatic nitrogens is 1. The molecule has 0 amide bonds. The third kappa shape index (κ3) is 2.92. The van der Waals surface area contributed by atoms with E-state index in [2.05, 4.69) is 4.98 Å². The van der Waals surface area contributed by atoms with Crippen LogP contribution >= 0.6 is 11.3 Å². The summed E-state index contributed by atoms with van der Waals surface area (Å²) in [4.78, 5) is 16.2. The summed E-state index contributed by atoms with van der Waals surface area (Å²) in [5.74, 6) is 0.112. The average molecular weight is 265 g/mol. The molecule has 0 aliphatic heterocycles. The number of nitrogens with zero attached hydrogens (tertiary/aromatic N) is 1. The van der Waals surface area contributed by atoms with Crippen molar-refractivity contribution < 1.29 is 13.9 Å². The number of halogens is 1. The molecule has 0 bridgehead atoms. The van der Waals surface area contributed by atoms with Crippen LogP contribution in [0.15, 0.2) is 24.3 Å². The fourth-order valence-corrected chi connectivity index (χ4v) is 2.42. The fraction of sp³-hybridized carbons (Fsp3) is 0.231. The van der Waals surface area contributed by atoms with Gasteiger partial charge in [-0.15, -0.1) is 11.3 Å². The number of Topliss-reactive ketones (excluding diaryl/α,β-unsaturated/α-hetero) is 1. The minimum Gasteiger partial charge on any atom is -0.486 e. The van der Waals surface area contributed by atoms with Crippen LogP contribution in [0.25, 0.3) is 0 Å². The number of carbonyl (C=O) groups is 1. The lowest BCUT2D eigenvalue weighted by Gasteiger charge is -2.03. The van der Waals surface area contributed by atoms with Crippen molar-refractivity contribution in [1.29, 1.82) is 0 Å². The number of hydrogen-bond donors (Lipinski definition) is 0. The predicted molar refractivity (Wildman–Crippen MR) is 67.6 cm³/mol. The smallest absolute Gasteiger partial charge is 0.171 e. The van der Waals surface area contributed by atoms with Gasteiger partial charge in [-0.1, -0.05) is 6.07 Å². The third-order valence-corrected chi connectivity index (χ3v) is 3.55. The Labute approximate surface area is 108 Å². The summed E-state index contributed by atoms with van der Waals surface area (Å²) in [5, 5.41) is 0.710. The summed E-state index contributed by atoms with van der Waals surface area (Å²) in [6.07, 6.45) is 0. The van der Waals surface area contributed by atoms with Crippen molar-refractivity contribution >= 4 is 17.1 Å². The maximum absolute atomic E-state index is 12.9. The summed E-state index contributed by atoms with van der Waals surface area (Å²) in [7, 11) is 0. The van der Waals surface area contributed by atoms with Crippen LogP contribution in [0.3, 0.4) is 0 Å². The molecule has 0 saturated heterocycles. The Balaban J connectivity index is 2.06. The first-order valence-corrected chi connectivity index (χ1v) is 6.23. The molecule has 1 aromatic heterocycles. The molecule has 3 nitrogen and oxygen atoms in total. The van der Waals surface area contributed by atoms with Gasteiger partial charge in [-0.2, -0.15) is 0 Å². The minimum atomic E-state index is -0.341. The van der Waals surface area contributed by atoms with Crippen molar-refractivity contribution in [3.63, 3.8) is 0 Å². The second kappa shape index (κ2) is 5.27. The molecular weight excluding hydrogens is 253 g/mol. The maximum Gasteiger partial charge on any atom is 0.171 e. The van der Waals surface area contributed by atoms with Crippen LogP contribution in [0.1, 0.15) is 27.3 Å². The summed E-state index contributed by atoms with van der Waals surface area (Å²) in [6.45, 7) is 3.54. The molecule has 0 aliphatic carbocycles. The monoisotopic (exact) mass is 265 g/mol. The normalized spacial score (nSPS) is 10.4. The summed E-state index contributed by atoms with van der Waals surface area (Å²) in [5.41, 5.74) is 0.713. The van der Waals surface area contributed by atoms with Crippen LogP contribution in [-0.4, -0.2) is 10.8 Å². The number of hydrogen-bond acceptors (Lipinski definition) is 4. The Morgan fingerprint density at radius 2 is 2.28 bits per heavy atom. The Kier molecular flexibility index (Phi) is 3.72. The number of aryl methyl sites for hydroxylation is 1. The molecule has 0 fully saturated rings. The number of carbonyl (C=O) groups excluding carboxylic acids is 1. The van der Waals surface area contributed by atoms with Gasteiger partial charge in [0.2, 0.25) is 0 Å². The van der Waals surface area contributed by atoms with Crippen LogP contribution in [0.2, 0.25) is 0 Å². The molecule has 0 radical (unpaired) electrons. The zero-order chi connectivity index (χ0) is 13.1. The van der Waals surface area contributed by atoms with Crippen molar-refractivity contribution in [2.75, 3.05) is 0 Å². The third-order valence-electron chi connectivity index (χ3n) is 2.32. The van der Waals surface area contributed by atoms with E-state index in [4.69, 9.17) is 4.74 Å². The molecule has 0 spiro atoms. The highest BCUT2D eigenvalue weighted by molar-refractivity contribution is 7.13. The Hall–Kier alpha value is -1.75. The number of benzene rings is 1. The molecule has 94 valence electrons. The molecule has 0 aliphatic rings. The van der Waals surface area contributed by atoms with Gasteiger partial charge in [0.15, 0.2) is 5.78 Å². The Morgan fingerprint density at radius 1 is 1.50 bits per heavy atom. The highest BCUT2D eigenvalue weighted by Gasteiger charge is 2.11. The van der Waals surface area contributed by atoms with Crippen LogP contribution < -0.4 is 4.74 Å². The van der Waals surface area contributed by atoms with Gasteiger partial charge in [0.25, 0.3) is 0 Å². The van der Waals surface area contributed by atoms with Crippen LogP contribution in [0.5, 0.6) is 5.75 Å². The largest absolute Gasteiger partial charge is 0.486 e. The van der Waals surface area contributed by atoms with E-state index in [0.717, 1.165) is 0 Å². The van der Waals surface area contributed by atoms with Crippen LogP contribution in [-0.2, 0) is 6.61 Å². The number of ether oxygens (including phenoxy) is 1. The lowest BCUT2D eigenvalue weighted by molar-refractivity contribution is 0.102. The van der Waals surface area contributed by atoms with Gasteiger partial charge in [-0.25, -0.2) is 9.37 Å². The first kappa shape index (κ1) is 12.7. The van der Waals surface area contributed by atoms with E-state index in [0.29, 0.717) is 21.3 Å². The number of rotatable bonds is 4. The second-order valence-corrected chi connectivity index (χ2v) is 4.91. The van der Waals surface area contributed by atoms with Crippen molar-refractivity contribution in [1.82, 2.24) is 4.98 Å². The van der Waals surface area contributed by atoms with E-state index >= 15 is 0 Å². The van der Waals surface area contributed by atoms with Gasteiger partial charge < -0.3 is 4.74 Å². The molecule has 5 heteroatoms. The average Bonchev–Trinajstić information content (AvgIpc) is 2.68. The van der Waals surface area contributed by atoms with Crippen LogP contribution in [0, 0.1) is 12.7 Å². The van der Waals surface area contributed by atoms with Crippen molar-refractivity contribution in [3.05, 3.63) is 45.7 Å². The van der Waals surface area contributed by atoms with E-state index in [1.165, 1.54) is 30.4 Å².